The van der Waals surface area contributed by atoms with Crippen molar-refractivity contribution in [3.8, 4) is 0 Å². The van der Waals surface area contributed by atoms with Gasteiger partial charge in [-0.15, -0.1) is 0 Å². The molecular formula is C12H15FN4O. The number of anilines is 1. The van der Waals surface area contributed by atoms with Gasteiger partial charge in [-0.05, 0) is 24.3 Å². The molecular weight excluding hydrogens is 235 g/mol. The van der Waals surface area contributed by atoms with Crippen LogP contribution in [0, 0.1) is 0 Å². The second-order valence-electron chi connectivity index (χ2n) is 3.49. The van der Waals surface area contributed by atoms with E-state index in [-0.39, 0.29) is 12.5 Å². The number of hydrogen-bond donors (Lipinski definition) is 3. The highest BCUT2D eigenvalue weighted by atomic mass is 19.1. The van der Waals surface area contributed by atoms with Crippen LogP contribution in [-0.4, -0.2) is 6.21 Å². The maximum Gasteiger partial charge on any atom is 0.206 e. The molecule has 96 valence electrons. The molecule has 0 spiro atoms. The zero-order valence-electron chi connectivity index (χ0n) is 9.77. The van der Waals surface area contributed by atoms with Crippen molar-refractivity contribution in [3.63, 3.8) is 0 Å². The topological polar surface area (TPSA) is 99.6 Å². The molecule has 0 saturated carbocycles. The third-order valence-corrected chi connectivity index (χ3v) is 1.98. The van der Waals surface area contributed by atoms with E-state index in [0.717, 1.165) is 11.8 Å². The normalized spacial score (nSPS) is 10.3. The van der Waals surface area contributed by atoms with Gasteiger partial charge in [0, 0.05) is 5.69 Å². The molecule has 18 heavy (non-hydrogen) atoms. The zero-order valence-corrected chi connectivity index (χ0v) is 9.77. The lowest BCUT2D eigenvalue weighted by Gasteiger charge is -2.05. The summed E-state index contributed by atoms with van der Waals surface area (Å²) in [6, 6.07) is 7.12. The van der Waals surface area contributed by atoms with Gasteiger partial charge in [0.2, 0.25) is 5.88 Å². The maximum atomic E-state index is 12.9. The Kier molecular flexibility index (Phi) is 4.74. The maximum absolute atomic E-state index is 12.9. The molecule has 0 aromatic heterocycles. The molecule has 6 N–H and O–H groups in total. The van der Waals surface area contributed by atoms with Crippen LogP contribution in [0.1, 0.15) is 5.56 Å². The number of halogens is 1. The average molecular weight is 250 g/mol. The molecule has 6 heteroatoms. The fourth-order valence-corrected chi connectivity index (χ4v) is 1.02. The van der Waals surface area contributed by atoms with Crippen molar-refractivity contribution in [2.45, 2.75) is 6.61 Å². The minimum Gasteiger partial charge on any atom is -0.473 e. The molecule has 0 amide bonds. The first-order valence-corrected chi connectivity index (χ1v) is 5.10. The first-order chi connectivity index (χ1) is 8.49. The number of ether oxygens (including phenoxy) is 1. The van der Waals surface area contributed by atoms with Crippen molar-refractivity contribution in [1.29, 1.82) is 0 Å². The molecule has 0 fully saturated rings. The van der Waals surface area contributed by atoms with Crippen LogP contribution in [0.3, 0.4) is 0 Å². The van der Waals surface area contributed by atoms with E-state index in [1.54, 1.807) is 12.1 Å². The molecule has 0 saturated heterocycles. The predicted molar refractivity (Wildman–Crippen MR) is 69.8 cm³/mol. The largest absolute Gasteiger partial charge is 0.473 e. The van der Waals surface area contributed by atoms with E-state index in [1.165, 1.54) is 0 Å². The van der Waals surface area contributed by atoms with Crippen molar-refractivity contribution in [1.82, 2.24) is 0 Å². The summed E-state index contributed by atoms with van der Waals surface area (Å²) in [5, 5.41) is 0. The van der Waals surface area contributed by atoms with E-state index in [9.17, 15) is 4.39 Å². The number of nitrogen functional groups attached to an aromatic ring is 1. The van der Waals surface area contributed by atoms with Crippen LogP contribution >= 0.6 is 0 Å². The highest BCUT2D eigenvalue weighted by molar-refractivity contribution is 5.76. The summed E-state index contributed by atoms with van der Waals surface area (Å²) in [5.41, 5.74) is 17.1. The third kappa shape index (κ3) is 4.56. The van der Waals surface area contributed by atoms with Crippen LogP contribution in [0.25, 0.3) is 0 Å². The van der Waals surface area contributed by atoms with Gasteiger partial charge in [-0.1, -0.05) is 12.1 Å². The second kappa shape index (κ2) is 6.29. The average Bonchev–Trinajstić information content (AvgIpc) is 2.35. The summed E-state index contributed by atoms with van der Waals surface area (Å²) in [6.45, 7) is 3.77. The Morgan fingerprint density at radius 2 is 1.94 bits per heavy atom. The quantitative estimate of drug-likeness (QED) is 0.417. The van der Waals surface area contributed by atoms with Crippen LogP contribution < -0.4 is 17.2 Å². The third-order valence-electron chi connectivity index (χ3n) is 1.98. The molecule has 0 unspecified atom stereocenters. The minimum absolute atomic E-state index is 0.0585. The monoisotopic (exact) mass is 250 g/mol. The highest BCUT2D eigenvalue weighted by Gasteiger charge is 1.97. The summed E-state index contributed by atoms with van der Waals surface area (Å²) in [4.78, 5) is 3.62. The van der Waals surface area contributed by atoms with E-state index in [0.29, 0.717) is 5.69 Å². The summed E-state index contributed by atoms with van der Waals surface area (Å²) in [7, 11) is 0. The Bertz CT molecular complexity index is 475. The van der Waals surface area contributed by atoms with Crippen LogP contribution in [0.4, 0.5) is 10.1 Å². The number of nitrogens with zero attached hydrogens (tertiary/aromatic N) is 1. The fourth-order valence-electron chi connectivity index (χ4n) is 1.02. The van der Waals surface area contributed by atoms with Gasteiger partial charge in [-0.3, -0.25) is 0 Å². The van der Waals surface area contributed by atoms with E-state index in [1.807, 2.05) is 12.1 Å². The molecule has 0 radical (unpaired) electrons. The van der Waals surface area contributed by atoms with Gasteiger partial charge in [0.25, 0.3) is 0 Å². The van der Waals surface area contributed by atoms with Crippen molar-refractivity contribution < 1.29 is 9.13 Å². The molecule has 5 nitrogen and oxygen atoms in total. The lowest BCUT2D eigenvalue weighted by molar-refractivity contribution is 0.198. The van der Waals surface area contributed by atoms with E-state index >= 15 is 0 Å². The van der Waals surface area contributed by atoms with Crippen LogP contribution in [-0.2, 0) is 11.3 Å². The number of rotatable bonds is 5. The summed E-state index contributed by atoms with van der Waals surface area (Å²) >= 11 is 0. The summed E-state index contributed by atoms with van der Waals surface area (Å²) in [5.74, 6) is -1.21. The van der Waals surface area contributed by atoms with Gasteiger partial charge < -0.3 is 21.9 Å². The second-order valence-corrected chi connectivity index (χ2v) is 3.49. The van der Waals surface area contributed by atoms with Crippen molar-refractivity contribution in [2.75, 3.05) is 5.73 Å². The number of benzene rings is 1. The van der Waals surface area contributed by atoms with E-state index in [4.69, 9.17) is 21.9 Å². The van der Waals surface area contributed by atoms with Crippen molar-refractivity contribution >= 4 is 11.9 Å². The van der Waals surface area contributed by atoms with Crippen molar-refractivity contribution in [3.05, 3.63) is 53.9 Å². The first kappa shape index (κ1) is 13.6. The molecule has 0 heterocycles. The smallest absolute Gasteiger partial charge is 0.206 e. The predicted octanol–water partition coefficient (Wildman–Crippen LogP) is 1.38. The standard InChI is InChI=1S/C12H15FN4O/c1-8(17-6-11(13)12(15)16)18-7-9-2-4-10(14)5-3-9/h2-6H,1,7,14-16H2/b17-6-. The molecule has 0 aliphatic carbocycles. The van der Waals surface area contributed by atoms with Gasteiger partial charge >= 0.3 is 0 Å². The summed E-state index contributed by atoms with van der Waals surface area (Å²) < 4.78 is 18.1. The first-order valence-electron chi connectivity index (χ1n) is 5.10. The Morgan fingerprint density at radius 3 is 2.50 bits per heavy atom. The Labute approximate surface area is 104 Å². The van der Waals surface area contributed by atoms with E-state index in [2.05, 4.69) is 11.6 Å². The molecule has 0 aliphatic heterocycles. The van der Waals surface area contributed by atoms with Gasteiger partial charge in [0.05, 0.1) is 6.21 Å². The van der Waals surface area contributed by atoms with Gasteiger partial charge in [0.1, 0.15) is 12.4 Å². The number of aliphatic imine (C=N–C) groups is 1. The zero-order chi connectivity index (χ0) is 13.5. The number of nitrogens with two attached hydrogens (primary N) is 3. The number of hydrogen-bond acceptors (Lipinski definition) is 5. The fraction of sp³-hybridized carbons (Fsp3) is 0.0833. The molecule has 0 atom stereocenters. The highest BCUT2D eigenvalue weighted by Crippen LogP contribution is 2.09. The van der Waals surface area contributed by atoms with Crippen molar-refractivity contribution in [2.24, 2.45) is 16.5 Å². The minimum atomic E-state index is -0.827. The molecule has 0 aliphatic rings. The van der Waals surface area contributed by atoms with E-state index < -0.39 is 11.6 Å². The molecule has 1 aromatic rings. The van der Waals surface area contributed by atoms with Crippen LogP contribution in [0.2, 0.25) is 0 Å². The number of allylic oxidation sites excluding steroid dienone is 1. The lowest BCUT2D eigenvalue weighted by atomic mass is 10.2. The SMILES string of the molecule is C=C(/N=C\C(F)=C(N)N)OCc1ccc(N)cc1. The Morgan fingerprint density at radius 1 is 1.33 bits per heavy atom. The Balaban J connectivity index is 2.47. The Hall–Kier alpha value is -2.50. The van der Waals surface area contributed by atoms with Crippen LogP contribution in [0.15, 0.2) is 53.4 Å². The van der Waals surface area contributed by atoms with Gasteiger partial charge in [0.15, 0.2) is 5.83 Å². The van der Waals surface area contributed by atoms with Gasteiger partial charge in [-0.25, -0.2) is 9.38 Å². The molecule has 0 bridgehead atoms. The van der Waals surface area contributed by atoms with Gasteiger partial charge in [-0.2, -0.15) is 0 Å². The molecule has 1 aromatic carbocycles. The van der Waals surface area contributed by atoms with Crippen LogP contribution in [0.5, 0.6) is 0 Å². The lowest BCUT2D eigenvalue weighted by Crippen LogP contribution is -2.10. The molecule has 1 rings (SSSR count). The summed E-state index contributed by atoms with van der Waals surface area (Å²) in [6.07, 6.45) is 0.848.